The summed E-state index contributed by atoms with van der Waals surface area (Å²) in [5, 5.41) is 0. The van der Waals surface area contributed by atoms with Gasteiger partial charge in [-0.1, -0.05) is 18.2 Å². The molecule has 0 unspecified atom stereocenters. The second kappa shape index (κ2) is 6.88. The highest BCUT2D eigenvalue weighted by atomic mass is 32.2. The molecule has 0 aliphatic rings. The maximum atomic E-state index is 7.87. The quantitative estimate of drug-likeness (QED) is 0.692. The van der Waals surface area contributed by atoms with Gasteiger partial charge in [0.1, 0.15) is 0 Å². The van der Waals surface area contributed by atoms with Crippen LogP contribution in [0.15, 0.2) is 35.2 Å². The molecule has 1 atom stereocenters. The lowest BCUT2D eigenvalue weighted by Gasteiger charge is -2.13. The van der Waals surface area contributed by atoms with Crippen molar-refractivity contribution in [2.75, 3.05) is 26.4 Å². The van der Waals surface area contributed by atoms with Gasteiger partial charge in [-0.05, 0) is 39.2 Å². The molecule has 0 saturated heterocycles. The molecule has 0 fully saturated rings. The van der Waals surface area contributed by atoms with Crippen molar-refractivity contribution in [3.8, 4) is 0 Å². The summed E-state index contributed by atoms with van der Waals surface area (Å²) < 4.78 is 0. The second-order valence-electron chi connectivity index (χ2n) is 3.91. The fraction of sp³-hybridized carbons (Fsp3) is 0.500. The summed E-state index contributed by atoms with van der Waals surface area (Å²) >= 11 is 1.77. The van der Waals surface area contributed by atoms with Crippen molar-refractivity contribution in [3.63, 3.8) is 0 Å². The number of hydrogen-bond donors (Lipinski definition) is 0. The highest BCUT2D eigenvalue weighted by molar-refractivity contribution is 7.99. The van der Waals surface area contributed by atoms with Gasteiger partial charge in [0.05, 0.1) is 0 Å². The number of nitrogens with zero attached hydrogens (tertiary/aromatic N) is 1. The Bertz CT molecular complexity index is 262. The van der Waals surface area contributed by atoms with Gasteiger partial charge in [0, 0.05) is 16.7 Å². The van der Waals surface area contributed by atoms with Gasteiger partial charge in [0.15, 0.2) is 0 Å². The van der Waals surface area contributed by atoms with E-state index in [9.17, 15) is 0 Å². The molecule has 1 radical (unpaired) electrons. The minimum atomic E-state index is 0.0395. The van der Waals surface area contributed by atoms with Gasteiger partial charge in [-0.3, -0.25) is 5.73 Å². The number of hydrogen-bond acceptors (Lipinski definition) is 2. The average molecular weight is 223 g/mol. The first-order valence-electron chi connectivity index (χ1n) is 5.22. The van der Waals surface area contributed by atoms with Crippen LogP contribution in [0.25, 0.3) is 0 Å². The molecular weight excluding hydrogens is 204 g/mol. The first-order valence-corrected chi connectivity index (χ1v) is 6.20. The van der Waals surface area contributed by atoms with Crippen molar-refractivity contribution in [2.45, 2.75) is 17.4 Å². The largest absolute Gasteiger partial charge is 0.309 e. The Morgan fingerprint density at radius 2 is 1.93 bits per heavy atom. The van der Waals surface area contributed by atoms with Gasteiger partial charge in [-0.2, -0.15) is 0 Å². The highest BCUT2D eigenvalue weighted by Gasteiger charge is 2.04. The van der Waals surface area contributed by atoms with Crippen LogP contribution in [0.1, 0.15) is 6.42 Å². The minimum Gasteiger partial charge on any atom is -0.309 e. The molecule has 0 aliphatic carbocycles. The number of nitrogens with one attached hydrogen (secondary N) is 1. The van der Waals surface area contributed by atoms with Crippen LogP contribution in [0.5, 0.6) is 0 Å². The van der Waals surface area contributed by atoms with E-state index in [-0.39, 0.29) is 6.04 Å². The number of rotatable bonds is 6. The van der Waals surface area contributed by atoms with Gasteiger partial charge >= 0.3 is 0 Å². The summed E-state index contributed by atoms with van der Waals surface area (Å²) in [6.07, 6.45) is 0.951. The van der Waals surface area contributed by atoms with E-state index in [2.05, 4.69) is 31.1 Å². The molecule has 0 aliphatic heterocycles. The summed E-state index contributed by atoms with van der Waals surface area (Å²) in [5.74, 6) is 0.887. The summed E-state index contributed by atoms with van der Waals surface area (Å²) in [6, 6.07) is 10.3. The van der Waals surface area contributed by atoms with Crippen molar-refractivity contribution < 1.29 is 0 Å². The van der Waals surface area contributed by atoms with E-state index in [1.165, 1.54) is 4.90 Å². The van der Waals surface area contributed by atoms with Gasteiger partial charge in [0.2, 0.25) is 0 Å². The monoisotopic (exact) mass is 223 g/mol. The third kappa shape index (κ3) is 5.82. The highest BCUT2D eigenvalue weighted by Crippen LogP contribution is 2.18. The number of thioether (sulfide) groups is 1. The Morgan fingerprint density at radius 3 is 2.53 bits per heavy atom. The second-order valence-corrected chi connectivity index (χ2v) is 5.01. The summed E-state index contributed by atoms with van der Waals surface area (Å²) in [6.45, 7) is 1.00. The Hall–Kier alpha value is -0.510. The lowest BCUT2D eigenvalue weighted by molar-refractivity contribution is 0.385. The van der Waals surface area contributed by atoms with Gasteiger partial charge in [-0.15, -0.1) is 11.8 Å². The zero-order valence-electron chi connectivity index (χ0n) is 9.44. The van der Waals surface area contributed by atoms with E-state index < -0.39 is 0 Å². The first kappa shape index (κ1) is 12.6. The van der Waals surface area contributed by atoms with Crippen LogP contribution in [0.2, 0.25) is 0 Å². The molecule has 0 bridgehead atoms. The van der Waals surface area contributed by atoms with Gasteiger partial charge in [-0.25, -0.2) is 0 Å². The number of benzene rings is 1. The molecule has 0 amide bonds. The topological polar surface area (TPSA) is 27.0 Å². The average Bonchev–Trinajstić information content (AvgIpc) is 2.25. The third-order valence-corrected chi connectivity index (χ3v) is 3.29. The molecule has 1 N–H and O–H groups in total. The van der Waals surface area contributed by atoms with Crippen LogP contribution >= 0.6 is 11.8 Å². The van der Waals surface area contributed by atoms with Crippen LogP contribution < -0.4 is 5.73 Å². The first-order chi connectivity index (χ1) is 7.18. The Labute approximate surface area is 96.8 Å². The van der Waals surface area contributed by atoms with E-state index in [1.807, 2.05) is 18.2 Å². The molecule has 0 spiro atoms. The molecule has 1 aromatic rings. The molecule has 0 heterocycles. The third-order valence-electron chi connectivity index (χ3n) is 2.12. The van der Waals surface area contributed by atoms with Crippen LogP contribution in [0, 0.1) is 0 Å². The van der Waals surface area contributed by atoms with E-state index in [1.54, 1.807) is 11.8 Å². The van der Waals surface area contributed by atoms with E-state index >= 15 is 0 Å². The normalized spacial score (nSPS) is 13.1. The smallest absolute Gasteiger partial charge is 0.0319 e. The molecule has 83 valence electrons. The summed E-state index contributed by atoms with van der Waals surface area (Å²) in [7, 11) is 4.11. The molecule has 1 rings (SSSR count). The van der Waals surface area contributed by atoms with E-state index in [4.69, 9.17) is 5.73 Å². The van der Waals surface area contributed by atoms with Crippen LogP contribution in [0.3, 0.4) is 0 Å². The molecule has 0 saturated carbocycles. The zero-order chi connectivity index (χ0) is 11.1. The van der Waals surface area contributed by atoms with Crippen molar-refractivity contribution in [3.05, 3.63) is 30.3 Å². The fourth-order valence-corrected chi connectivity index (χ4v) is 2.12. The predicted molar refractivity (Wildman–Crippen MR) is 67.2 cm³/mol. The molecule has 0 aromatic heterocycles. The zero-order valence-corrected chi connectivity index (χ0v) is 10.3. The Balaban J connectivity index is 2.19. The summed E-state index contributed by atoms with van der Waals surface area (Å²) in [5.41, 5.74) is 7.87. The van der Waals surface area contributed by atoms with Crippen molar-refractivity contribution in [2.24, 2.45) is 0 Å². The van der Waals surface area contributed by atoms with E-state index in [0.717, 1.165) is 18.7 Å². The lowest BCUT2D eigenvalue weighted by Crippen LogP contribution is -2.21. The van der Waals surface area contributed by atoms with Crippen LogP contribution in [-0.4, -0.2) is 37.3 Å². The predicted octanol–water partition coefficient (Wildman–Crippen LogP) is 2.38. The molecule has 15 heavy (non-hydrogen) atoms. The van der Waals surface area contributed by atoms with E-state index in [0.29, 0.717) is 0 Å². The SMILES string of the molecule is CN(C)CC[C@@H]([NH])CSc1ccccc1. The maximum absolute atomic E-state index is 7.87. The van der Waals surface area contributed by atoms with Gasteiger partial charge < -0.3 is 4.90 Å². The Kier molecular flexibility index (Phi) is 5.76. The fourth-order valence-electron chi connectivity index (χ4n) is 1.21. The molecule has 2 nitrogen and oxygen atoms in total. The molecule has 1 aromatic carbocycles. The molecular formula is C12H19N2S. The maximum Gasteiger partial charge on any atom is 0.0319 e. The van der Waals surface area contributed by atoms with Gasteiger partial charge in [0.25, 0.3) is 0 Å². The standard InChI is InChI=1S/C12H19N2S/c1-14(2)9-8-11(13)10-15-12-6-4-3-5-7-12/h3-7,11,13H,8-10H2,1-2H3/t11-/m1/s1. The Morgan fingerprint density at radius 1 is 1.27 bits per heavy atom. The molecule has 3 heteroatoms. The summed E-state index contributed by atoms with van der Waals surface area (Å²) in [4.78, 5) is 3.40. The van der Waals surface area contributed by atoms with Crippen LogP contribution in [0.4, 0.5) is 0 Å². The van der Waals surface area contributed by atoms with Crippen molar-refractivity contribution in [1.82, 2.24) is 10.6 Å². The van der Waals surface area contributed by atoms with Crippen molar-refractivity contribution >= 4 is 11.8 Å². The van der Waals surface area contributed by atoms with Crippen LogP contribution in [-0.2, 0) is 0 Å². The van der Waals surface area contributed by atoms with Crippen molar-refractivity contribution in [1.29, 1.82) is 0 Å². The lowest BCUT2D eigenvalue weighted by atomic mass is 10.2. The minimum absolute atomic E-state index is 0.0395.